The smallest absolute Gasteiger partial charge is 0.337 e. The lowest BCUT2D eigenvalue weighted by atomic mass is 9.88. The fraction of sp³-hybridized carbons (Fsp3) is 0.250. The van der Waals surface area contributed by atoms with E-state index in [4.69, 9.17) is 4.74 Å². The number of para-hydroxylation sites is 1. The summed E-state index contributed by atoms with van der Waals surface area (Å²) in [5.74, 6) is -1.70. The Hall–Kier alpha value is -3.39. The number of methoxy groups -OCH3 is 1. The van der Waals surface area contributed by atoms with E-state index in [1.165, 1.54) is 31.4 Å². The Kier molecular flexibility index (Phi) is 5.60. The van der Waals surface area contributed by atoms with E-state index in [2.05, 4.69) is 15.4 Å². The standard InChI is InChI=1S/C20H20N2O6/c1-27-19(25)13-6-8-14(9-7-13)22-18(24)17(23)21-12-20(26)10-11-28-16-5-3-2-4-15(16)20/h2-9,26H,10-12H2,1H3,(H,21,23)(H,22,24)/t20-/m0/s1. The summed E-state index contributed by atoms with van der Waals surface area (Å²) in [6.45, 7) is 0.184. The molecule has 28 heavy (non-hydrogen) atoms. The highest BCUT2D eigenvalue weighted by molar-refractivity contribution is 6.39. The van der Waals surface area contributed by atoms with E-state index in [-0.39, 0.29) is 6.54 Å². The van der Waals surface area contributed by atoms with Gasteiger partial charge in [0.05, 0.1) is 25.8 Å². The van der Waals surface area contributed by atoms with Gasteiger partial charge < -0.3 is 25.2 Å². The summed E-state index contributed by atoms with van der Waals surface area (Å²) in [4.78, 5) is 35.6. The van der Waals surface area contributed by atoms with Gasteiger partial charge in [-0.3, -0.25) is 9.59 Å². The van der Waals surface area contributed by atoms with Crippen LogP contribution in [0.5, 0.6) is 5.75 Å². The molecule has 0 bridgehead atoms. The molecule has 0 unspecified atom stereocenters. The van der Waals surface area contributed by atoms with Gasteiger partial charge in [-0.2, -0.15) is 0 Å². The Morgan fingerprint density at radius 3 is 2.54 bits per heavy atom. The number of hydrogen-bond acceptors (Lipinski definition) is 6. The molecule has 146 valence electrons. The molecule has 1 heterocycles. The SMILES string of the molecule is COC(=O)c1ccc(NC(=O)C(=O)NC[C@@]2(O)CCOc3ccccc32)cc1. The maximum atomic E-state index is 12.1. The van der Waals surface area contributed by atoms with Gasteiger partial charge in [-0.05, 0) is 30.3 Å². The minimum absolute atomic E-state index is 0.124. The lowest BCUT2D eigenvalue weighted by Gasteiger charge is -2.34. The molecule has 3 rings (SSSR count). The van der Waals surface area contributed by atoms with Crippen molar-refractivity contribution in [2.75, 3.05) is 25.6 Å². The average Bonchev–Trinajstić information content (AvgIpc) is 2.72. The number of esters is 1. The molecule has 3 N–H and O–H groups in total. The zero-order chi connectivity index (χ0) is 20.1. The number of carbonyl (C=O) groups excluding carboxylic acids is 3. The van der Waals surface area contributed by atoms with Crippen LogP contribution in [0, 0.1) is 0 Å². The summed E-state index contributed by atoms with van der Waals surface area (Å²) in [5.41, 5.74) is -0.0684. The lowest BCUT2D eigenvalue weighted by molar-refractivity contribution is -0.137. The van der Waals surface area contributed by atoms with Gasteiger partial charge in [-0.15, -0.1) is 0 Å². The van der Waals surface area contributed by atoms with Crippen LogP contribution in [0.3, 0.4) is 0 Å². The van der Waals surface area contributed by atoms with Gasteiger partial charge in [0.25, 0.3) is 0 Å². The van der Waals surface area contributed by atoms with Crippen molar-refractivity contribution < 1.29 is 29.0 Å². The number of benzene rings is 2. The molecule has 0 saturated carbocycles. The highest BCUT2D eigenvalue weighted by Crippen LogP contribution is 2.36. The van der Waals surface area contributed by atoms with Gasteiger partial charge in [-0.25, -0.2) is 4.79 Å². The van der Waals surface area contributed by atoms with E-state index in [9.17, 15) is 19.5 Å². The van der Waals surface area contributed by atoms with Gasteiger partial charge >= 0.3 is 17.8 Å². The first kappa shape index (κ1) is 19.4. The first-order valence-electron chi connectivity index (χ1n) is 8.65. The van der Waals surface area contributed by atoms with E-state index in [1.54, 1.807) is 24.3 Å². The first-order chi connectivity index (χ1) is 13.4. The van der Waals surface area contributed by atoms with E-state index >= 15 is 0 Å². The number of fused-ring (bicyclic) bond motifs is 1. The largest absolute Gasteiger partial charge is 0.493 e. The Balaban J connectivity index is 1.59. The Bertz CT molecular complexity index is 896. The quantitative estimate of drug-likeness (QED) is 0.539. The second kappa shape index (κ2) is 8.10. The fourth-order valence-corrected chi connectivity index (χ4v) is 2.93. The summed E-state index contributed by atoms with van der Waals surface area (Å²) in [6.07, 6.45) is 0.293. The zero-order valence-corrected chi connectivity index (χ0v) is 15.2. The Morgan fingerprint density at radius 1 is 1.11 bits per heavy atom. The van der Waals surface area contributed by atoms with Crippen LogP contribution in [0.25, 0.3) is 0 Å². The van der Waals surface area contributed by atoms with Crippen LogP contribution in [0.1, 0.15) is 22.3 Å². The highest BCUT2D eigenvalue weighted by Gasteiger charge is 2.36. The topological polar surface area (TPSA) is 114 Å². The molecular weight excluding hydrogens is 364 g/mol. The first-order valence-corrected chi connectivity index (χ1v) is 8.65. The minimum Gasteiger partial charge on any atom is -0.493 e. The third-order valence-electron chi connectivity index (χ3n) is 4.47. The van der Waals surface area contributed by atoms with E-state index in [0.717, 1.165) is 0 Å². The molecule has 0 spiro atoms. The highest BCUT2D eigenvalue weighted by atomic mass is 16.5. The van der Waals surface area contributed by atoms with Crippen molar-refractivity contribution in [3.05, 3.63) is 59.7 Å². The number of hydrogen-bond donors (Lipinski definition) is 3. The van der Waals surface area contributed by atoms with Crippen molar-refractivity contribution in [2.45, 2.75) is 12.0 Å². The molecule has 2 amide bonds. The van der Waals surface area contributed by atoms with Gasteiger partial charge in [0, 0.05) is 17.7 Å². The van der Waals surface area contributed by atoms with Gasteiger partial charge in [0.2, 0.25) is 0 Å². The van der Waals surface area contributed by atoms with Crippen molar-refractivity contribution >= 4 is 23.5 Å². The molecule has 0 fully saturated rings. The van der Waals surface area contributed by atoms with Crippen LogP contribution < -0.4 is 15.4 Å². The summed E-state index contributed by atoms with van der Waals surface area (Å²) >= 11 is 0. The van der Waals surface area contributed by atoms with Gasteiger partial charge in [-0.1, -0.05) is 18.2 Å². The molecule has 1 aliphatic rings. The molecule has 0 aromatic heterocycles. The van der Waals surface area contributed by atoms with Crippen LogP contribution in [0.4, 0.5) is 5.69 Å². The number of ether oxygens (including phenoxy) is 2. The number of amides is 2. The second-order valence-electron chi connectivity index (χ2n) is 6.33. The fourth-order valence-electron chi connectivity index (χ4n) is 2.93. The van der Waals surface area contributed by atoms with Crippen molar-refractivity contribution in [3.63, 3.8) is 0 Å². The Morgan fingerprint density at radius 2 is 1.82 bits per heavy atom. The monoisotopic (exact) mass is 384 g/mol. The number of rotatable bonds is 4. The molecule has 0 aliphatic carbocycles. The number of aliphatic hydroxyl groups is 1. The zero-order valence-electron chi connectivity index (χ0n) is 15.2. The van der Waals surface area contributed by atoms with Gasteiger partial charge in [0.1, 0.15) is 11.4 Å². The summed E-state index contributed by atoms with van der Waals surface area (Å²) in [5, 5.41) is 15.8. The maximum absolute atomic E-state index is 12.1. The number of carbonyl (C=O) groups is 3. The predicted octanol–water partition coefficient (Wildman–Crippen LogP) is 1.20. The third-order valence-corrected chi connectivity index (χ3v) is 4.47. The third kappa shape index (κ3) is 4.12. The van der Waals surface area contributed by atoms with Crippen LogP contribution in [0.15, 0.2) is 48.5 Å². The van der Waals surface area contributed by atoms with E-state index in [0.29, 0.717) is 35.6 Å². The van der Waals surface area contributed by atoms with Gasteiger partial charge in [0.15, 0.2) is 0 Å². The maximum Gasteiger partial charge on any atom is 0.337 e. The van der Waals surface area contributed by atoms with Crippen LogP contribution >= 0.6 is 0 Å². The molecule has 1 atom stereocenters. The Labute approximate surface area is 161 Å². The molecule has 2 aromatic carbocycles. The van der Waals surface area contributed by atoms with Crippen LogP contribution in [0.2, 0.25) is 0 Å². The number of nitrogens with one attached hydrogen (secondary N) is 2. The number of anilines is 1. The van der Waals surface area contributed by atoms with E-state index < -0.39 is 23.4 Å². The van der Waals surface area contributed by atoms with Crippen molar-refractivity contribution in [1.29, 1.82) is 0 Å². The van der Waals surface area contributed by atoms with Crippen LogP contribution in [-0.2, 0) is 19.9 Å². The molecule has 0 radical (unpaired) electrons. The summed E-state index contributed by atoms with van der Waals surface area (Å²) in [7, 11) is 1.27. The molecule has 8 nitrogen and oxygen atoms in total. The minimum atomic E-state index is -1.31. The predicted molar refractivity (Wildman–Crippen MR) is 99.9 cm³/mol. The van der Waals surface area contributed by atoms with Crippen molar-refractivity contribution in [3.8, 4) is 5.75 Å². The molecule has 2 aromatic rings. The van der Waals surface area contributed by atoms with Crippen LogP contribution in [-0.4, -0.2) is 43.2 Å². The molecule has 8 heteroatoms. The summed E-state index contributed by atoms with van der Waals surface area (Å²) in [6, 6.07) is 12.9. The normalized spacial score (nSPS) is 17.6. The molecule has 0 saturated heterocycles. The van der Waals surface area contributed by atoms with Crippen molar-refractivity contribution in [2.24, 2.45) is 0 Å². The second-order valence-corrected chi connectivity index (χ2v) is 6.33. The molecular formula is C20H20N2O6. The lowest BCUT2D eigenvalue weighted by Crippen LogP contribution is -2.46. The van der Waals surface area contributed by atoms with E-state index in [1.807, 2.05) is 0 Å². The summed E-state index contributed by atoms with van der Waals surface area (Å²) < 4.78 is 10.1. The average molecular weight is 384 g/mol. The van der Waals surface area contributed by atoms with Crippen molar-refractivity contribution in [1.82, 2.24) is 5.32 Å². The molecule has 1 aliphatic heterocycles.